The van der Waals surface area contributed by atoms with E-state index in [0.29, 0.717) is 0 Å². The first kappa shape index (κ1) is 39.2. The third-order valence-electron chi connectivity index (χ3n) is 12.5. The molecule has 0 bridgehead atoms. The fourth-order valence-electron chi connectivity index (χ4n) is 9.71. The van der Waals surface area contributed by atoms with Crippen molar-refractivity contribution in [1.29, 1.82) is 0 Å². The molecule has 4 heterocycles. The number of benzene rings is 7. The highest BCUT2D eigenvalue weighted by atomic mass is 15.2. The summed E-state index contributed by atoms with van der Waals surface area (Å²) in [6.45, 7) is 14.0. The predicted molar refractivity (Wildman–Crippen MR) is 269 cm³/mol. The van der Waals surface area contributed by atoms with Crippen molar-refractivity contribution in [3.8, 4) is 0 Å². The average molecular weight is 829 g/mol. The molecule has 0 aliphatic rings. The average Bonchev–Trinajstić information content (AvgIpc) is 3.30. The van der Waals surface area contributed by atoms with E-state index >= 15 is 0 Å². The van der Waals surface area contributed by atoms with Crippen LogP contribution < -0.4 is 9.80 Å². The molecular weight excluding hydrogens is 781 g/mol. The van der Waals surface area contributed by atoms with E-state index in [1.54, 1.807) is 0 Å². The summed E-state index contributed by atoms with van der Waals surface area (Å²) in [4.78, 5) is 24.8. The Bertz CT molecular complexity index is 3530. The maximum absolute atomic E-state index is 5.12. The Morgan fingerprint density at radius 3 is 1.19 bits per heavy atom. The van der Waals surface area contributed by atoms with Crippen molar-refractivity contribution in [2.75, 3.05) is 9.80 Å². The summed E-state index contributed by atoms with van der Waals surface area (Å²) in [6, 6.07) is 56.2. The van der Waals surface area contributed by atoms with Gasteiger partial charge in [0.05, 0.1) is 0 Å². The second-order valence-electron chi connectivity index (χ2n) is 18.9. The Labute approximate surface area is 373 Å². The first-order valence-electron chi connectivity index (χ1n) is 22.0. The molecule has 4 aromatic heterocycles. The Hall–Kier alpha value is -7.70. The Morgan fingerprint density at radius 2 is 0.719 bits per heavy atom. The highest BCUT2D eigenvalue weighted by Gasteiger charge is 2.30. The molecular formula is C58H48N6. The van der Waals surface area contributed by atoms with Gasteiger partial charge in [0.15, 0.2) is 0 Å². The van der Waals surface area contributed by atoms with Crippen LogP contribution in [0.4, 0.5) is 34.6 Å². The Morgan fingerprint density at radius 1 is 0.328 bits per heavy atom. The zero-order valence-electron chi connectivity index (χ0n) is 37.0. The third-order valence-corrected chi connectivity index (χ3v) is 12.5. The number of nitrogens with zero attached hydrogens (tertiary/aromatic N) is 6. The SMILES string of the molecule is CC(C)(C)c1c2ccc(N(c3cc4ccccc4cn3)c3cc4ccccc4cn3)cc2c(C(C)(C)C)c2cc(N(c3cc4ccccc4cn3)c3nccc4ccccc34)ccc12. The standard InChI is InChI=1S/C58H48N6/c1-57(2,3)54-47-25-23-44(63(51-29-38-16-7-10-19-41(38)34-60-51)52-30-39-17-8-11-20-42(39)35-61-52)32-49(47)55(58(4,5)6)50-33-45(24-26-48(50)54)64(53-31-40-18-9-12-21-43(40)36-62-53)56-46-22-14-13-15-37(46)27-28-59-56/h7-36H,1-6H3. The minimum atomic E-state index is -0.263. The van der Waals surface area contributed by atoms with Crippen LogP contribution in [0.5, 0.6) is 0 Å². The summed E-state index contributed by atoms with van der Waals surface area (Å²) in [5, 5.41) is 13.7. The van der Waals surface area contributed by atoms with Crippen molar-refractivity contribution in [3.63, 3.8) is 0 Å². The molecule has 6 nitrogen and oxygen atoms in total. The lowest BCUT2D eigenvalue weighted by Crippen LogP contribution is -2.19. The van der Waals surface area contributed by atoms with Crippen molar-refractivity contribution < 1.29 is 0 Å². The van der Waals surface area contributed by atoms with E-state index in [4.69, 9.17) is 19.9 Å². The van der Waals surface area contributed by atoms with E-state index in [9.17, 15) is 0 Å². The largest absolute Gasteiger partial charge is 0.279 e. The van der Waals surface area contributed by atoms with Crippen LogP contribution in [0.25, 0.3) is 64.6 Å². The fourth-order valence-corrected chi connectivity index (χ4v) is 9.71. The van der Waals surface area contributed by atoms with Gasteiger partial charge in [-0.15, -0.1) is 0 Å². The first-order chi connectivity index (χ1) is 31.0. The van der Waals surface area contributed by atoms with E-state index < -0.39 is 0 Å². The number of pyridine rings is 4. The molecule has 0 N–H and O–H groups in total. The highest BCUT2D eigenvalue weighted by Crippen LogP contribution is 2.48. The molecule has 11 rings (SSSR count). The summed E-state index contributed by atoms with van der Waals surface area (Å²) < 4.78 is 0. The number of hydrogen-bond acceptors (Lipinski definition) is 6. The highest BCUT2D eigenvalue weighted by molar-refractivity contribution is 6.10. The number of hydrogen-bond donors (Lipinski definition) is 0. The lowest BCUT2D eigenvalue weighted by atomic mass is 9.74. The Balaban J connectivity index is 1.20. The van der Waals surface area contributed by atoms with Gasteiger partial charge in [0, 0.05) is 57.7 Å². The van der Waals surface area contributed by atoms with Crippen molar-refractivity contribution in [2.45, 2.75) is 52.4 Å². The lowest BCUT2D eigenvalue weighted by molar-refractivity contribution is 0.593. The van der Waals surface area contributed by atoms with Gasteiger partial charge >= 0.3 is 0 Å². The lowest BCUT2D eigenvalue weighted by Gasteiger charge is -2.32. The zero-order chi connectivity index (χ0) is 43.7. The van der Waals surface area contributed by atoms with E-state index in [1.807, 2.05) is 24.8 Å². The summed E-state index contributed by atoms with van der Waals surface area (Å²) in [5.41, 5.74) is 4.10. The van der Waals surface area contributed by atoms with Gasteiger partial charge in [-0.3, -0.25) is 9.80 Å². The van der Waals surface area contributed by atoms with Crippen LogP contribution in [0.3, 0.4) is 0 Å². The molecule has 0 amide bonds. The number of anilines is 6. The zero-order valence-corrected chi connectivity index (χ0v) is 37.0. The molecule has 11 aromatic rings. The first-order valence-corrected chi connectivity index (χ1v) is 22.0. The van der Waals surface area contributed by atoms with Crippen molar-refractivity contribution in [1.82, 2.24) is 19.9 Å². The topological polar surface area (TPSA) is 58.0 Å². The van der Waals surface area contributed by atoms with Gasteiger partial charge in [0.2, 0.25) is 0 Å². The third kappa shape index (κ3) is 6.74. The monoisotopic (exact) mass is 828 g/mol. The van der Waals surface area contributed by atoms with Gasteiger partial charge in [-0.25, -0.2) is 19.9 Å². The molecule has 0 aliphatic carbocycles. The molecule has 6 heteroatoms. The van der Waals surface area contributed by atoms with Crippen LogP contribution in [0.15, 0.2) is 183 Å². The smallest absolute Gasteiger partial charge is 0.146 e. The van der Waals surface area contributed by atoms with E-state index in [0.717, 1.165) is 77.7 Å². The normalized spacial score (nSPS) is 12.2. The summed E-state index contributed by atoms with van der Waals surface area (Å²) >= 11 is 0. The molecule has 0 radical (unpaired) electrons. The van der Waals surface area contributed by atoms with E-state index in [-0.39, 0.29) is 10.8 Å². The molecule has 0 saturated carbocycles. The fraction of sp³-hybridized carbons (Fsp3) is 0.138. The van der Waals surface area contributed by atoms with Gasteiger partial charge in [-0.1, -0.05) is 151 Å². The number of fused-ring (bicyclic) bond motifs is 6. The van der Waals surface area contributed by atoms with Crippen LogP contribution in [-0.2, 0) is 10.8 Å². The molecule has 0 unspecified atom stereocenters. The second-order valence-corrected chi connectivity index (χ2v) is 18.9. The van der Waals surface area contributed by atoms with Crippen LogP contribution in [0.2, 0.25) is 0 Å². The van der Waals surface area contributed by atoms with Crippen molar-refractivity contribution in [2.24, 2.45) is 0 Å². The van der Waals surface area contributed by atoms with Gasteiger partial charge in [0.25, 0.3) is 0 Å². The minimum Gasteiger partial charge on any atom is -0.279 e. The molecule has 7 aromatic carbocycles. The molecule has 0 atom stereocenters. The molecule has 0 spiro atoms. The van der Waals surface area contributed by atoms with Gasteiger partial charge in [-0.2, -0.15) is 0 Å². The molecule has 0 saturated heterocycles. The van der Waals surface area contributed by atoms with E-state index in [2.05, 4.69) is 209 Å². The van der Waals surface area contributed by atoms with Crippen LogP contribution in [-0.4, -0.2) is 19.9 Å². The van der Waals surface area contributed by atoms with Crippen LogP contribution >= 0.6 is 0 Å². The van der Waals surface area contributed by atoms with Crippen LogP contribution in [0.1, 0.15) is 52.7 Å². The summed E-state index contributed by atoms with van der Waals surface area (Å²) in [6.07, 6.45) is 7.81. The van der Waals surface area contributed by atoms with Gasteiger partial charge in [0.1, 0.15) is 23.3 Å². The number of rotatable bonds is 6. The minimum absolute atomic E-state index is 0.188. The number of aromatic nitrogens is 4. The quantitative estimate of drug-likeness (QED) is 0.156. The summed E-state index contributed by atoms with van der Waals surface area (Å²) in [7, 11) is 0. The molecule has 0 aliphatic heterocycles. The second kappa shape index (κ2) is 15.0. The van der Waals surface area contributed by atoms with Crippen molar-refractivity contribution >= 4 is 99.3 Å². The Kier molecular flexibility index (Phi) is 9.17. The van der Waals surface area contributed by atoms with Crippen molar-refractivity contribution in [3.05, 3.63) is 194 Å². The van der Waals surface area contributed by atoms with E-state index in [1.165, 1.54) is 32.7 Å². The van der Waals surface area contributed by atoms with Gasteiger partial charge in [-0.05, 0) is 114 Å². The predicted octanol–water partition coefficient (Wildman–Crippen LogP) is 15.7. The maximum Gasteiger partial charge on any atom is 0.146 e. The molecule has 0 fully saturated rings. The summed E-state index contributed by atoms with van der Waals surface area (Å²) in [5.74, 6) is 3.24. The van der Waals surface area contributed by atoms with Crippen LogP contribution in [0, 0.1) is 0 Å². The van der Waals surface area contributed by atoms with Gasteiger partial charge < -0.3 is 0 Å². The molecule has 310 valence electrons. The maximum atomic E-state index is 5.12. The molecule has 64 heavy (non-hydrogen) atoms.